The number of ether oxygens (including phenoxy) is 1. The van der Waals surface area contributed by atoms with Crippen molar-refractivity contribution in [3.8, 4) is 0 Å². The Balaban J connectivity index is 3.63. The van der Waals surface area contributed by atoms with Crippen molar-refractivity contribution >= 4 is 0 Å². The fourth-order valence-corrected chi connectivity index (χ4v) is 0.665. The second kappa shape index (κ2) is 4.53. The molecular formula is C7H14O2. The Labute approximate surface area is 56.1 Å². The Morgan fingerprint density at radius 2 is 2.33 bits per heavy atom. The van der Waals surface area contributed by atoms with Crippen LogP contribution < -0.4 is 0 Å². The van der Waals surface area contributed by atoms with E-state index in [0.29, 0.717) is 0 Å². The molecule has 0 spiro atoms. The molecule has 0 fully saturated rings. The Bertz CT molecular complexity index is 81.0. The van der Waals surface area contributed by atoms with E-state index in [1.165, 1.54) is 0 Å². The van der Waals surface area contributed by atoms with Crippen LogP contribution in [0.15, 0.2) is 12.7 Å². The van der Waals surface area contributed by atoms with Crippen LogP contribution in [0.5, 0.6) is 0 Å². The molecule has 0 aliphatic heterocycles. The van der Waals surface area contributed by atoms with Gasteiger partial charge in [-0.05, 0) is 0 Å². The lowest BCUT2D eigenvalue weighted by Crippen LogP contribution is -2.20. The predicted octanol–water partition coefficient (Wildman–Crippen LogP) is 0.816. The molecule has 0 amide bonds. The second-order valence-corrected chi connectivity index (χ2v) is 2.10. The van der Waals surface area contributed by atoms with Crippen LogP contribution in [-0.2, 0) is 4.74 Å². The van der Waals surface area contributed by atoms with Crippen molar-refractivity contribution in [3.63, 3.8) is 0 Å². The van der Waals surface area contributed by atoms with E-state index in [0.717, 1.165) is 0 Å². The summed E-state index contributed by atoms with van der Waals surface area (Å²) in [6.45, 7) is 5.62. The summed E-state index contributed by atoms with van der Waals surface area (Å²) in [6, 6.07) is 0. The van der Waals surface area contributed by atoms with Crippen LogP contribution in [0.2, 0.25) is 0 Å². The zero-order valence-corrected chi connectivity index (χ0v) is 6.00. The van der Waals surface area contributed by atoms with Gasteiger partial charge in [-0.2, -0.15) is 0 Å². The van der Waals surface area contributed by atoms with Crippen molar-refractivity contribution in [2.45, 2.75) is 13.0 Å². The highest BCUT2D eigenvalue weighted by Crippen LogP contribution is 2.05. The van der Waals surface area contributed by atoms with Crippen LogP contribution in [0, 0.1) is 5.92 Å². The molecule has 0 aromatic carbocycles. The van der Waals surface area contributed by atoms with E-state index >= 15 is 0 Å². The molecule has 0 saturated heterocycles. The summed E-state index contributed by atoms with van der Waals surface area (Å²) >= 11 is 0. The molecule has 0 heterocycles. The molecule has 9 heavy (non-hydrogen) atoms. The van der Waals surface area contributed by atoms with E-state index in [1.54, 1.807) is 13.2 Å². The minimum atomic E-state index is -0.0185. The topological polar surface area (TPSA) is 29.5 Å². The van der Waals surface area contributed by atoms with Gasteiger partial charge in [-0.25, -0.2) is 0 Å². The lowest BCUT2D eigenvalue weighted by Gasteiger charge is -2.15. The number of aliphatic hydroxyl groups excluding tert-OH is 1. The maximum absolute atomic E-state index is 8.64. The zero-order chi connectivity index (χ0) is 7.28. The minimum Gasteiger partial charge on any atom is -0.396 e. The van der Waals surface area contributed by atoms with Gasteiger partial charge in [0.2, 0.25) is 0 Å². The van der Waals surface area contributed by atoms with E-state index in [9.17, 15) is 0 Å². The third-order valence-corrected chi connectivity index (χ3v) is 1.35. The maximum Gasteiger partial charge on any atom is 0.0796 e. The number of rotatable bonds is 4. The van der Waals surface area contributed by atoms with Crippen LogP contribution in [0.1, 0.15) is 6.92 Å². The third kappa shape index (κ3) is 2.63. The van der Waals surface area contributed by atoms with Gasteiger partial charge in [0.1, 0.15) is 0 Å². The quantitative estimate of drug-likeness (QED) is 0.571. The standard InChI is InChI=1S/C7H14O2/c1-4-7(9-3)6(2)5-8/h4,6-8H,1,5H2,2-3H3/t6-,7-/m0/s1. The summed E-state index contributed by atoms with van der Waals surface area (Å²) in [4.78, 5) is 0. The SMILES string of the molecule is C=C[C@H](OC)[C@@H](C)CO. The number of hydrogen-bond acceptors (Lipinski definition) is 2. The van der Waals surface area contributed by atoms with Crippen molar-refractivity contribution in [1.82, 2.24) is 0 Å². The highest BCUT2D eigenvalue weighted by molar-refractivity contribution is 4.83. The van der Waals surface area contributed by atoms with Crippen molar-refractivity contribution in [3.05, 3.63) is 12.7 Å². The van der Waals surface area contributed by atoms with Gasteiger partial charge >= 0.3 is 0 Å². The minimum absolute atomic E-state index is 0.0185. The molecular weight excluding hydrogens is 116 g/mol. The normalized spacial score (nSPS) is 16.8. The predicted molar refractivity (Wildman–Crippen MR) is 37.2 cm³/mol. The number of aliphatic hydroxyl groups is 1. The van der Waals surface area contributed by atoms with Gasteiger partial charge in [-0.3, -0.25) is 0 Å². The Morgan fingerprint density at radius 1 is 1.78 bits per heavy atom. The highest BCUT2D eigenvalue weighted by Gasteiger charge is 2.10. The molecule has 0 aromatic rings. The fraction of sp³-hybridized carbons (Fsp3) is 0.714. The van der Waals surface area contributed by atoms with E-state index < -0.39 is 0 Å². The summed E-state index contributed by atoms with van der Waals surface area (Å²) in [5.74, 6) is 0.146. The van der Waals surface area contributed by atoms with Gasteiger partial charge in [-0.15, -0.1) is 6.58 Å². The maximum atomic E-state index is 8.64. The van der Waals surface area contributed by atoms with Crippen molar-refractivity contribution in [1.29, 1.82) is 0 Å². The van der Waals surface area contributed by atoms with E-state index in [4.69, 9.17) is 9.84 Å². The van der Waals surface area contributed by atoms with E-state index in [-0.39, 0.29) is 18.6 Å². The molecule has 0 bridgehead atoms. The van der Waals surface area contributed by atoms with Crippen LogP contribution in [0.25, 0.3) is 0 Å². The lowest BCUT2D eigenvalue weighted by molar-refractivity contribution is 0.0669. The zero-order valence-electron chi connectivity index (χ0n) is 6.00. The van der Waals surface area contributed by atoms with Crippen molar-refractivity contribution in [2.24, 2.45) is 5.92 Å². The molecule has 0 saturated carbocycles. The largest absolute Gasteiger partial charge is 0.396 e. The molecule has 2 atom stereocenters. The van der Waals surface area contributed by atoms with Crippen molar-refractivity contribution in [2.75, 3.05) is 13.7 Å². The first-order valence-electron chi connectivity index (χ1n) is 3.02. The Morgan fingerprint density at radius 3 is 2.44 bits per heavy atom. The van der Waals surface area contributed by atoms with Crippen molar-refractivity contribution < 1.29 is 9.84 Å². The average molecular weight is 130 g/mol. The molecule has 0 aliphatic carbocycles. The Hall–Kier alpha value is -0.340. The van der Waals surface area contributed by atoms with E-state index in [1.807, 2.05) is 6.92 Å². The lowest BCUT2D eigenvalue weighted by atomic mass is 10.1. The van der Waals surface area contributed by atoms with Crippen LogP contribution in [-0.4, -0.2) is 24.9 Å². The third-order valence-electron chi connectivity index (χ3n) is 1.35. The van der Waals surface area contributed by atoms with Gasteiger partial charge < -0.3 is 9.84 Å². The van der Waals surface area contributed by atoms with Crippen LogP contribution >= 0.6 is 0 Å². The van der Waals surface area contributed by atoms with Crippen LogP contribution in [0.3, 0.4) is 0 Å². The first-order valence-corrected chi connectivity index (χ1v) is 3.02. The number of hydrogen-bond donors (Lipinski definition) is 1. The summed E-state index contributed by atoms with van der Waals surface area (Å²) in [7, 11) is 1.61. The molecule has 0 rings (SSSR count). The highest BCUT2D eigenvalue weighted by atomic mass is 16.5. The summed E-state index contributed by atoms with van der Waals surface area (Å²) in [5.41, 5.74) is 0. The molecule has 0 unspecified atom stereocenters. The van der Waals surface area contributed by atoms with Gasteiger partial charge in [-0.1, -0.05) is 13.0 Å². The number of methoxy groups -OCH3 is 1. The molecule has 2 nitrogen and oxygen atoms in total. The molecule has 0 aromatic heterocycles. The monoisotopic (exact) mass is 130 g/mol. The van der Waals surface area contributed by atoms with E-state index in [2.05, 4.69) is 6.58 Å². The molecule has 0 aliphatic rings. The fourth-order valence-electron chi connectivity index (χ4n) is 0.665. The first kappa shape index (κ1) is 8.66. The smallest absolute Gasteiger partial charge is 0.0796 e. The Kier molecular flexibility index (Phi) is 4.36. The summed E-state index contributed by atoms with van der Waals surface area (Å²) < 4.78 is 4.97. The molecule has 1 N–H and O–H groups in total. The van der Waals surface area contributed by atoms with Crippen LogP contribution in [0.4, 0.5) is 0 Å². The molecule has 54 valence electrons. The summed E-state index contributed by atoms with van der Waals surface area (Å²) in [5, 5.41) is 8.64. The second-order valence-electron chi connectivity index (χ2n) is 2.10. The van der Waals surface area contributed by atoms with Gasteiger partial charge in [0.25, 0.3) is 0 Å². The van der Waals surface area contributed by atoms with Gasteiger partial charge in [0.15, 0.2) is 0 Å². The molecule has 0 radical (unpaired) electrons. The summed E-state index contributed by atoms with van der Waals surface area (Å²) in [6.07, 6.45) is 1.68. The average Bonchev–Trinajstić information content (AvgIpc) is 1.90. The van der Waals surface area contributed by atoms with Gasteiger partial charge in [0, 0.05) is 19.6 Å². The van der Waals surface area contributed by atoms with Gasteiger partial charge in [0.05, 0.1) is 6.10 Å². The molecule has 2 heteroatoms. The first-order chi connectivity index (χ1) is 4.26.